The molecule has 1 aliphatic rings. The number of nitriles is 1. The number of benzene rings is 2. The van der Waals surface area contributed by atoms with Crippen molar-refractivity contribution in [3.63, 3.8) is 0 Å². The van der Waals surface area contributed by atoms with Gasteiger partial charge in [0.05, 0.1) is 6.07 Å². The van der Waals surface area contributed by atoms with Crippen LogP contribution >= 0.6 is 0 Å². The van der Waals surface area contributed by atoms with E-state index in [1.54, 1.807) is 11.9 Å². The molecular formula is C19H20N2O2. The molecule has 2 aromatic rings. The highest BCUT2D eigenvalue weighted by atomic mass is 16.5. The topological polar surface area (TPSA) is 53.3 Å². The smallest absolute Gasteiger partial charge is 0.243 e. The van der Waals surface area contributed by atoms with Gasteiger partial charge in [-0.05, 0) is 29.2 Å². The summed E-state index contributed by atoms with van der Waals surface area (Å²) >= 11 is 0. The summed E-state index contributed by atoms with van der Waals surface area (Å²) in [5, 5.41) is 11.9. The van der Waals surface area contributed by atoms with E-state index < -0.39 is 5.41 Å². The number of ether oxygens (including phenoxy) is 1. The molecule has 0 radical (unpaired) electrons. The van der Waals surface area contributed by atoms with Gasteiger partial charge in [0.25, 0.3) is 0 Å². The van der Waals surface area contributed by atoms with Gasteiger partial charge in [-0.25, -0.2) is 0 Å². The number of rotatable bonds is 3. The van der Waals surface area contributed by atoms with Crippen molar-refractivity contribution in [1.82, 2.24) is 4.90 Å². The van der Waals surface area contributed by atoms with Crippen LogP contribution in [0.2, 0.25) is 0 Å². The highest BCUT2D eigenvalue weighted by Gasteiger charge is 2.42. The molecule has 4 heteroatoms. The molecule has 118 valence electrons. The van der Waals surface area contributed by atoms with Crippen LogP contribution in [0.5, 0.6) is 0 Å². The molecule has 3 rings (SSSR count). The van der Waals surface area contributed by atoms with Crippen molar-refractivity contribution >= 4 is 16.7 Å². The maximum Gasteiger partial charge on any atom is 0.243 e. The lowest BCUT2D eigenvalue weighted by atomic mass is 9.80. The largest absolute Gasteiger partial charge is 0.381 e. The Balaban J connectivity index is 1.84. The van der Waals surface area contributed by atoms with Crippen LogP contribution in [0.4, 0.5) is 0 Å². The second-order valence-corrected chi connectivity index (χ2v) is 6.11. The van der Waals surface area contributed by atoms with Crippen LogP contribution in [0.15, 0.2) is 42.5 Å². The van der Waals surface area contributed by atoms with Crippen molar-refractivity contribution in [2.45, 2.75) is 19.4 Å². The predicted molar refractivity (Wildman–Crippen MR) is 88.5 cm³/mol. The Labute approximate surface area is 136 Å². The van der Waals surface area contributed by atoms with Crippen LogP contribution in [0, 0.1) is 16.7 Å². The summed E-state index contributed by atoms with van der Waals surface area (Å²) in [6, 6.07) is 16.5. The Morgan fingerprint density at radius 1 is 1.22 bits per heavy atom. The van der Waals surface area contributed by atoms with Gasteiger partial charge in [-0.15, -0.1) is 0 Å². The van der Waals surface area contributed by atoms with E-state index in [1.165, 1.54) is 0 Å². The fourth-order valence-corrected chi connectivity index (χ4v) is 3.22. The first kappa shape index (κ1) is 15.5. The monoisotopic (exact) mass is 308 g/mol. The maximum atomic E-state index is 12.8. The minimum atomic E-state index is -0.933. The molecule has 0 aliphatic carbocycles. The maximum absolute atomic E-state index is 12.8. The molecule has 1 heterocycles. The lowest BCUT2D eigenvalue weighted by molar-refractivity contribution is -0.142. The Hall–Kier alpha value is -2.38. The van der Waals surface area contributed by atoms with E-state index in [1.807, 2.05) is 24.3 Å². The van der Waals surface area contributed by atoms with E-state index in [9.17, 15) is 10.1 Å². The van der Waals surface area contributed by atoms with E-state index in [4.69, 9.17) is 4.74 Å². The molecule has 0 spiro atoms. The average Bonchev–Trinajstić information content (AvgIpc) is 2.62. The van der Waals surface area contributed by atoms with Crippen molar-refractivity contribution in [3.8, 4) is 6.07 Å². The Kier molecular flexibility index (Phi) is 4.31. The molecule has 1 fully saturated rings. The predicted octanol–water partition coefficient (Wildman–Crippen LogP) is 3.12. The van der Waals surface area contributed by atoms with Crippen LogP contribution in [0.25, 0.3) is 10.8 Å². The zero-order valence-electron chi connectivity index (χ0n) is 13.3. The normalized spacial score (nSPS) is 16.7. The number of amides is 1. The molecule has 1 saturated heterocycles. The first-order chi connectivity index (χ1) is 11.2. The van der Waals surface area contributed by atoms with Gasteiger partial charge in [0.15, 0.2) is 0 Å². The molecule has 4 nitrogen and oxygen atoms in total. The third kappa shape index (κ3) is 2.93. The summed E-state index contributed by atoms with van der Waals surface area (Å²) in [5.41, 5.74) is 0.163. The van der Waals surface area contributed by atoms with Gasteiger partial charge >= 0.3 is 0 Å². The second kappa shape index (κ2) is 6.39. The number of fused-ring (bicyclic) bond motifs is 1. The number of nitrogens with zero attached hydrogens (tertiary/aromatic N) is 2. The van der Waals surface area contributed by atoms with Crippen LogP contribution in [-0.2, 0) is 16.1 Å². The summed E-state index contributed by atoms with van der Waals surface area (Å²) in [6.07, 6.45) is 0.949. The fourth-order valence-electron chi connectivity index (χ4n) is 3.22. The molecule has 1 amide bonds. The number of carbonyl (C=O) groups is 1. The summed E-state index contributed by atoms with van der Waals surface area (Å²) in [4.78, 5) is 14.5. The summed E-state index contributed by atoms with van der Waals surface area (Å²) in [6.45, 7) is 1.45. The summed E-state index contributed by atoms with van der Waals surface area (Å²) < 4.78 is 5.31. The molecule has 1 aliphatic heterocycles. The second-order valence-electron chi connectivity index (χ2n) is 6.11. The minimum absolute atomic E-state index is 0.101. The molecular weight excluding hydrogens is 288 g/mol. The summed E-state index contributed by atoms with van der Waals surface area (Å²) in [5.74, 6) is -0.101. The molecule has 0 saturated carbocycles. The first-order valence-corrected chi connectivity index (χ1v) is 7.87. The first-order valence-electron chi connectivity index (χ1n) is 7.87. The molecule has 0 unspecified atom stereocenters. The average molecular weight is 308 g/mol. The molecule has 0 atom stereocenters. The van der Waals surface area contributed by atoms with Gasteiger partial charge in [-0.3, -0.25) is 4.79 Å². The highest BCUT2D eigenvalue weighted by molar-refractivity contribution is 5.88. The third-order valence-electron chi connectivity index (χ3n) is 4.60. The number of hydrogen-bond donors (Lipinski definition) is 0. The minimum Gasteiger partial charge on any atom is -0.381 e. The van der Waals surface area contributed by atoms with Crippen LogP contribution in [0.1, 0.15) is 18.4 Å². The van der Waals surface area contributed by atoms with Crippen molar-refractivity contribution in [3.05, 3.63) is 48.0 Å². The zero-order chi connectivity index (χ0) is 16.3. The lowest BCUT2D eigenvalue weighted by Crippen LogP contribution is -2.44. The van der Waals surface area contributed by atoms with Crippen LogP contribution in [0.3, 0.4) is 0 Å². The Bertz CT molecular complexity index is 752. The molecule has 0 aromatic heterocycles. The SMILES string of the molecule is CN(Cc1cccc2ccccc12)C(=O)C1(C#N)CCOCC1. The van der Waals surface area contributed by atoms with Crippen molar-refractivity contribution < 1.29 is 9.53 Å². The van der Waals surface area contributed by atoms with Gasteiger partial charge < -0.3 is 9.64 Å². The quantitative estimate of drug-likeness (QED) is 0.875. The van der Waals surface area contributed by atoms with Crippen molar-refractivity contribution in [2.75, 3.05) is 20.3 Å². The van der Waals surface area contributed by atoms with Gasteiger partial charge in [-0.2, -0.15) is 5.26 Å². The standard InChI is InChI=1S/C19H20N2O2/c1-21(18(22)19(14-20)9-11-23-12-10-19)13-16-7-4-6-15-5-2-3-8-17(15)16/h2-8H,9-13H2,1H3. The third-order valence-corrected chi connectivity index (χ3v) is 4.60. The van der Waals surface area contributed by atoms with Gasteiger partial charge in [-0.1, -0.05) is 42.5 Å². The van der Waals surface area contributed by atoms with E-state index in [0.29, 0.717) is 32.6 Å². The molecule has 2 aromatic carbocycles. The van der Waals surface area contributed by atoms with E-state index in [0.717, 1.165) is 16.3 Å². The molecule has 23 heavy (non-hydrogen) atoms. The fraction of sp³-hybridized carbons (Fsp3) is 0.368. The molecule has 0 bridgehead atoms. The van der Waals surface area contributed by atoms with Gasteiger partial charge in [0.2, 0.25) is 5.91 Å². The van der Waals surface area contributed by atoms with Crippen molar-refractivity contribution in [1.29, 1.82) is 5.26 Å². The Morgan fingerprint density at radius 2 is 1.91 bits per heavy atom. The number of hydrogen-bond acceptors (Lipinski definition) is 3. The van der Waals surface area contributed by atoms with Crippen molar-refractivity contribution in [2.24, 2.45) is 5.41 Å². The summed E-state index contributed by atoms with van der Waals surface area (Å²) in [7, 11) is 1.78. The Morgan fingerprint density at radius 3 is 2.65 bits per heavy atom. The highest BCUT2D eigenvalue weighted by Crippen LogP contribution is 2.32. The zero-order valence-corrected chi connectivity index (χ0v) is 13.3. The van der Waals surface area contributed by atoms with E-state index >= 15 is 0 Å². The van der Waals surface area contributed by atoms with Crippen LogP contribution in [-0.4, -0.2) is 31.1 Å². The van der Waals surface area contributed by atoms with Gasteiger partial charge in [0, 0.05) is 26.8 Å². The lowest BCUT2D eigenvalue weighted by Gasteiger charge is -2.33. The van der Waals surface area contributed by atoms with Crippen LogP contribution < -0.4 is 0 Å². The molecule has 0 N–H and O–H groups in total. The number of carbonyl (C=O) groups excluding carboxylic acids is 1. The van der Waals surface area contributed by atoms with E-state index in [-0.39, 0.29) is 5.91 Å². The van der Waals surface area contributed by atoms with Gasteiger partial charge in [0.1, 0.15) is 5.41 Å². The van der Waals surface area contributed by atoms with E-state index in [2.05, 4.69) is 24.3 Å².